The standard InChI is InChI=1S/C11H18N2S/c1-11(2,3)9-6-12-10(14)13(9)7-8-4-5-8/h6,8H,4-5,7H2,1-3H3,(H,12,14). The lowest BCUT2D eigenvalue weighted by Gasteiger charge is -2.20. The van der Waals surface area contributed by atoms with Crippen molar-refractivity contribution in [1.29, 1.82) is 0 Å². The quantitative estimate of drug-likeness (QED) is 0.743. The SMILES string of the molecule is CC(C)(C)c1c[nH]c(=S)n1CC1CC1. The second kappa shape index (κ2) is 3.23. The summed E-state index contributed by atoms with van der Waals surface area (Å²) < 4.78 is 3.15. The Morgan fingerprint density at radius 1 is 1.50 bits per heavy atom. The zero-order valence-corrected chi connectivity index (χ0v) is 9.95. The van der Waals surface area contributed by atoms with Gasteiger partial charge in [-0.3, -0.25) is 0 Å². The summed E-state index contributed by atoms with van der Waals surface area (Å²) in [6, 6.07) is 0. The van der Waals surface area contributed by atoms with Crippen molar-refractivity contribution in [1.82, 2.24) is 9.55 Å². The number of aromatic amines is 1. The van der Waals surface area contributed by atoms with Gasteiger partial charge in [0.25, 0.3) is 0 Å². The number of aromatic nitrogens is 2. The monoisotopic (exact) mass is 210 g/mol. The summed E-state index contributed by atoms with van der Waals surface area (Å²) in [6.45, 7) is 7.80. The van der Waals surface area contributed by atoms with Crippen LogP contribution in [-0.4, -0.2) is 9.55 Å². The predicted molar refractivity (Wildman–Crippen MR) is 61.0 cm³/mol. The minimum absolute atomic E-state index is 0.183. The molecule has 0 saturated heterocycles. The third-order valence-electron chi connectivity index (χ3n) is 2.77. The average molecular weight is 210 g/mol. The predicted octanol–water partition coefficient (Wildman–Crippen LogP) is 3.25. The third kappa shape index (κ3) is 1.92. The molecule has 0 unspecified atom stereocenters. The van der Waals surface area contributed by atoms with Gasteiger partial charge in [-0.05, 0) is 31.0 Å². The number of imidazole rings is 1. The zero-order chi connectivity index (χ0) is 10.3. The molecule has 0 aromatic carbocycles. The molecule has 0 bridgehead atoms. The van der Waals surface area contributed by atoms with Crippen LogP contribution >= 0.6 is 12.2 Å². The zero-order valence-electron chi connectivity index (χ0n) is 9.13. The van der Waals surface area contributed by atoms with Crippen molar-refractivity contribution < 1.29 is 0 Å². The van der Waals surface area contributed by atoms with Crippen LogP contribution < -0.4 is 0 Å². The van der Waals surface area contributed by atoms with Crippen LogP contribution in [0.2, 0.25) is 0 Å². The highest BCUT2D eigenvalue weighted by Crippen LogP contribution is 2.32. The second-order valence-electron chi connectivity index (χ2n) is 5.28. The molecule has 0 spiro atoms. The topological polar surface area (TPSA) is 20.7 Å². The van der Waals surface area contributed by atoms with Gasteiger partial charge in [-0.2, -0.15) is 0 Å². The van der Waals surface area contributed by atoms with Gasteiger partial charge >= 0.3 is 0 Å². The van der Waals surface area contributed by atoms with Gasteiger partial charge in [-0.15, -0.1) is 0 Å². The van der Waals surface area contributed by atoms with E-state index in [0.29, 0.717) is 0 Å². The van der Waals surface area contributed by atoms with E-state index in [9.17, 15) is 0 Å². The van der Waals surface area contributed by atoms with Gasteiger partial charge in [0.05, 0.1) is 0 Å². The van der Waals surface area contributed by atoms with E-state index >= 15 is 0 Å². The van der Waals surface area contributed by atoms with Gasteiger partial charge < -0.3 is 9.55 Å². The van der Waals surface area contributed by atoms with E-state index < -0.39 is 0 Å². The van der Waals surface area contributed by atoms with E-state index in [2.05, 4.69) is 36.5 Å². The molecule has 0 radical (unpaired) electrons. The summed E-state index contributed by atoms with van der Waals surface area (Å²) in [4.78, 5) is 3.15. The molecular weight excluding hydrogens is 192 g/mol. The molecule has 1 heterocycles. The van der Waals surface area contributed by atoms with E-state index in [0.717, 1.165) is 17.2 Å². The van der Waals surface area contributed by atoms with E-state index in [1.165, 1.54) is 18.5 Å². The van der Waals surface area contributed by atoms with Gasteiger partial charge in [-0.25, -0.2) is 0 Å². The van der Waals surface area contributed by atoms with Gasteiger partial charge in [0.15, 0.2) is 4.77 Å². The van der Waals surface area contributed by atoms with Crippen molar-refractivity contribution in [3.63, 3.8) is 0 Å². The number of hydrogen-bond donors (Lipinski definition) is 1. The maximum absolute atomic E-state index is 5.30. The van der Waals surface area contributed by atoms with E-state index in [1.807, 2.05) is 0 Å². The van der Waals surface area contributed by atoms with Crippen LogP contribution in [0, 0.1) is 10.7 Å². The average Bonchev–Trinajstić information content (AvgIpc) is 2.76. The van der Waals surface area contributed by atoms with Crippen molar-refractivity contribution >= 4 is 12.2 Å². The molecule has 0 amide bonds. The first kappa shape index (κ1) is 9.97. The first-order valence-electron chi connectivity index (χ1n) is 5.27. The fourth-order valence-corrected chi connectivity index (χ4v) is 1.99. The third-order valence-corrected chi connectivity index (χ3v) is 3.11. The lowest BCUT2D eigenvalue weighted by atomic mass is 9.92. The molecule has 1 fully saturated rings. The molecule has 2 rings (SSSR count). The Balaban J connectivity index is 2.34. The number of rotatable bonds is 2. The van der Waals surface area contributed by atoms with Crippen LogP contribution in [0.3, 0.4) is 0 Å². The summed E-state index contributed by atoms with van der Waals surface area (Å²) in [5, 5.41) is 0. The molecular formula is C11H18N2S. The maximum atomic E-state index is 5.30. The molecule has 14 heavy (non-hydrogen) atoms. The van der Waals surface area contributed by atoms with Crippen LogP contribution in [0.4, 0.5) is 0 Å². The number of nitrogens with one attached hydrogen (secondary N) is 1. The van der Waals surface area contributed by atoms with Gasteiger partial charge in [-0.1, -0.05) is 20.8 Å². The Bertz CT molecular complexity index is 377. The Morgan fingerprint density at radius 3 is 2.64 bits per heavy atom. The van der Waals surface area contributed by atoms with E-state index in [-0.39, 0.29) is 5.41 Å². The Hall–Kier alpha value is -0.570. The van der Waals surface area contributed by atoms with Crippen molar-refractivity contribution in [2.45, 2.75) is 45.6 Å². The first-order valence-corrected chi connectivity index (χ1v) is 5.68. The van der Waals surface area contributed by atoms with Crippen LogP contribution in [0.1, 0.15) is 39.3 Å². The van der Waals surface area contributed by atoms with Crippen LogP contribution in [0.5, 0.6) is 0 Å². The second-order valence-corrected chi connectivity index (χ2v) is 5.67. The van der Waals surface area contributed by atoms with Gasteiger partial charge in [0.1, 0.15) is 0 Å². The van der Waals surface area contributed by atoms with E-state index in [4.69, 9.17) is 12.2 Å². The van der Waals surface area contributed by atoms with Crippen molar-refractivity contribution in [3.8, 4) is 0 Å². The molecule has 1 aromatic rings. The van der Waals surface area contributed by atoms with Crippen molar-refractivity contribution in [2.24, 2.45) is 5.92 Å². The molecule has 1 aromatic heterocycles. The molecule has 1 N–H and O–H groups in total. The fraction of sp³-hybridized carbons (Fsp3) is 0.727. The summed E-state index contributed by atoms with van der Waals surface area (Å²) in [7, 11) is 0. The minimum Gasteiger partial charge on any atom is -0.337 e. The van der Waals surface area contributed by atoms with Gasteiger partial charge in [0, 0.05) is 23.9 Å². The molecule has 1 aliphatic carbocycles. The summed E-state index contributed by atoms with van der Waals surface area (Å²) in [6.07, 6.45) is 4.80. The van der Waals surface area contributed by atoms with Crippen molar-refractivity contribution in [3.05, 3.63) is 16.7 Å². The van der Waals surface area contributed by atoms with Crippen molar-refractivity contribution in [2.75, 3.05) is 0 Å². The maximum Gasteiger partial charge on any atom is 0.177 e. The molecule has 1 aliphatic rings. The van der Waals surface area contributed by atoms with Crippen LogP contribution in [-0.2, 0) is 12.0 Å². The summed E-state index contributed by atoms with van der Waals surface area (Å²) in [5.74, 6) is 0.874. The van der Waals surface area contributed by atoms with E-state index in [1.54, 1.807) is 0 Å². The molecule has 3 heteroatoms. The van der Waals surface area contributed by atoms with Crippen LogP contribution in [0.25, 0.3) is 0 Å². The normalized spacial score (nSPS) is 17.4. The number of nitrogens with zero attached hydrogens (tertiary/aromatic N) is 1. The largest absolute Gasteiger partial charge is 0.337 e. The Kier molecular flexibility index (Phi) is 2.30. The lowest BCUT2D eigenvalue weighted by molar-refractivity contribution is 0.497. The molecule has 0 atom stereocenters. The minimum atomic E-state index is 0.183. The molecule has 2 nitrogen and oxygen atoms in total. The molecule has 1 saturated carbocycles. The summed E-state index contributed by atoms with van der Waals surface area (Å²) >= 11 is 5.30. The number of hydrogen-bond acceptors (Lipinski definition) is 1. The fourth-order valence-electron chi connectivity index (χ4n) is 1.76. The smallest absolute Gasteiger partial charge is 0.177 e. The molecule has 0 aliphatic heterocycles. The Labute approximate surface area is 90.3 Å². The summed E-state index contributed by atoms with van der Waals surface area (Å²) in [5.41, 5.74) is 1.51. The highest BCUT2D eigenvalue weighted by Gasteiger charge is 2.26. The van der Waals surface area contributed by atoms with Crippen LogP contribution in [0.15, 0.2) is 6.20 Å². The highest BCUT2D eigenvalue weighted by atomic mass is 32.1. The first-order chi connectivity index (χ1) is 6.48. The Morgan fingerprint density at radius 2 is 2.14 bits per heavy atom. The van der Waals surface area contributed by atoms with Gasteiger partial charge in [0.2, 0.25) is 0 Å². The highest BCUT2D eigenvalue weighted by molar-refractivity contribution is 7.71. The molecule has 78 valence electrons. The number of H-pyrrole nitrogens is 1. The lowest BCUT2D eigenvalue weighted by Crippen LogP contribution is -2.18.